The molecule has 0 bridgehead atoms. The number of rotatable bonds is 5. The maximum Gasteiger partial charge on any atom is 0.350 e. The number of carbonyl (C=O) groups is 2. The van der Waals surface area contributed by atoms with Gasteiger partial charge in [0, 0.05) is 21.7 Å². The number of carbonyl (C=O) groups excluding carboxylic acids is 2. The van der Waals surface area contributed by atoms with E-state index in [9.17, 15) is 9.59 Å². The summed E-state index contributed by atoms with van der Waals surface area (Å²) in [6.07, 6.45) is 1.53. The van der Waals surface area contributed by atoms with Crippen LogP contribution in [0.5, 0.6) is 0 Å². The molecule has 21 heavy (non-hydrogen) atoms. The van der Waals surface area contributed by atoms with E-state index in [1.807, 2.05) is 0 Å². The van der Waals surface area contributed by atoms with E-state index in [-0.39, 0.29) is 11.5 Å². The summed E-state index contributed by atoms with van der Waals surface area (Å²) in [5.41, 5.74) is 0. The third-order valence-electron chi connectivity index (χ3n) is 2.55. The van der Waals surface area contributed by atoms with Crippen molar-refractivity contribution in [2.24, 2.45) is 0 Å². The molecule has 1 aromatic heterocycles. The van der Waals surface area contributed by atoms with Crippen LogP contribution in [-0.2, 0) is 9.53 Å². The number of fused-ring (bicyclic) bond motifs is 1. The predicted molar refractivity (Wildman–Crippen MR) is 85.3 cm³/mol. The lowest BCUT2D eigenvalue weighted by Crippen LogP contribution is -2.28. The zero-order valence-electron chi connectivity index (χ0n) is 10.8. The van der Waals surface area contributed by atoms with Crippen LogP contribution in [0.3, 0.4) is 0 Å². The fourth-order valence-corrected chi connectivity index (χ4v) is 3.28. The number of nitrogens with one attached hydrogen (secondary N) is 1. The Kier molecular flexibility index (Phi) is 5.22. The van der Waals surface area contributed by atoms with E-state index in [0.29, 0.717) is 16.6 Å². The molecule has 7 heteroatoms. The normalized spacial score (nSPS) is 10.4. The zero-order chi connectivity index (χ0) is 15.4. The lowest BCUT2D eigenvalue weighted by Gasteiger charge is -2.03. The summed E-state index contributed by atoms with van der Waals surface area (Å²) in [6.45, 7) is 3.42. The Balaban J connectivity index is 2.11. The molecular weight excluding hydrogens is 333 g/mol. The molecule has 0 spiro atoms. The molecule has 1 N–H and O–H groups in total. The van der Waals surface area contributed by atoms with Gasteiger partial charge in [0.1, 0.15) is 4.88 Å². The molecule has 0 aliphatic carbocycles. The Morgan fingerprint density at radius 1 is 1.38 bits per heavy atom. The molecule has 1 heterocycles. The van der Waals surface area contributed by atoms with Gasteiger partial charge in [-0.05, 0) is 12.1 Å². The minimum atomic E-state index is -0.633. The third kappa shape index (κ3) is 3.75. The first-order valence-electron chi connectivity index (χ1n) is 5.95. The van der Waals surface area contributed by atoms with E-state index in [2.05, 4.69) is 11.9 Å². The van der Waals surface area contributed by atoms with Gasteiger partial charge in [0.05, 0.1) is 5.02 Å². The third-order valence-corrected chi connectivity index (χ3v) is 4.43. The number of hydrogen-bond donors (Lipinski definition) is 1. The lowest BCUT2D eigenvalue weighted by atomic mass is 10.2. The molecule has 0 saturated carbocycles. The van der Waals surface area contributed by atoms with Crippen LogP contribution in [0.4, 0.5) is 0 Å². The van der Waals surface area contributed by atoms with Crippen LogP contribution in [0, 0.1) is 0 Å². The van der Waals surface area contributed by atoms with Crippen molar-refractivity contribution in [3.8, 4) is 0 Å². The van der Waals surface area contributed by atoms with Crippen LogP contribution >= 0.6 is 34.5 Å². The predicted octanol–water partition coefficient (Wildman–Crippen LogP) is 3.67. The van der Waals surface area contributed by atoms with Gasteiger partial charge < -0.3 is 10.1 Å². The van der Waals surface area contributed by atoms with Crippen LogP contribution in [0.1, 0.15) is 9.67 Å². The second kappa shape index (κ2) is 6.93. The highest BCUT2D eigenvalue weighted by Gasteiger charge is 2.19. The van der Waals surface area contributed by atoms with E-state index in [4.69, 9.17) is 27.9 Å². The van der Waals surface area contributed by atoms with Gasteiger partial charge in [-0.3, -0.25) is 4.79 Å². The molecule has 0 atom stereocenters. The summed E-state index contributed by atoms with van der Waals surface area (Å²) in [5.74, 6) is -1.03. The minimum absolute atomic E-state index is 0.255. The van der Waals surface area contributed by atoms with Gasteiger partial charge in [-0.2, -0.15) is 0 Å². The molecule has 1 amide bonds. The van der Waals surface area contributed by atoms with Crippen LogP contribution in [0.25, 0.3) is 10.1 Å². The maximum atomic E-state index is 12.0. The number of benzene rings is 1. The molecule has 0 aliphatic heterocycles. The summed E-state index contributed by atoms with van der Waals surface area (Å²) in [5, 5.41) is 4.11. The monoisotopic (exact) mass is 343 g/mol. The number of thiophene rings is 1. The second-order valence-corrected chi connectivity index (χ2v) is 5.92. The molecule has 1 aromatic carbocycles. The van der Waals surface area contributed by atoms with Crippen molar-refractivity contribution in [1.29, 1.82) is 0 Å². The van der Waals surface area contributed by atoms with Crippen LogP contribution < -0.4 is 5.32 Å². The Morgan fingerprint density at radius 3 is 2.86 bits per heavy atom. The molecule has 0 fully saturated rings. The standard InChI is InChI=1S/C14H11Cl2NO3S/c1-2-5-17-11(18)7-20-14(19)13-12(16)9-4-3-8(15)6-10(9)21-13/h2-4,6H,1,5,7H2,(H,17,18). The van der Waals surface area contributed by atoms with E-state index in [1.54, 1.807) is 18.2 Å². The fraction of sp³-hybridized carbons (Fsp3) is 0.143. The maximum absolute atomic E-state index is 12.0. The van der Waals surface area contributed by atoms with E-state index in [0.717, 1.165) is 10.1 Å². The Hall–Kier alpha value is -1.56. The number of ether oxygens (including phenoxy) is 1. The average Bonchev–Trinajstić information content (AvgIpc) is 2.79. The number of halogens is 2. The van der Waals surface area contributed by atoms with Crippen LogP contribution in [-0.4, -0.2) is 25.0 Å². The minimum Gasteiger partial charge on any atom is -0.451 e. The van der Waals surface area contributed by atoms with Crippen molar-refractivity contribution in [2.75, 3.05) is 13.2 Å². The smallest absolute Gasteiger partial charge is 0.350 e. The van der Waals surface area contributed by atoms with Crippen molar-refractivity contribution in [3.63, 3.8) is 0 Å². The van der Waals surface area contributed by atoms with Crippen molar-refractivity contribution in [3.05, 3.63) is 45.8 Å². The molecule has 2 aromatic rings. The Bertz CT molecular complexity index is 712. The van der Waals surface area contributed by atoms with Crippen molar-refractivity contribution >= 4 is 56.5 Å². The Morgan fingerprint density at radius 2 is 2.14 bits per heavy atom. The van der Waals surface area contributed by atoms with Crippen molar-refractivity contribution in [2.45, 2.75) is 0 Å². The van der Waals surface area contributed by atoms with Gasteiger partial charge in [0.2, 0.25) is 0 Å². The van der Waals surface area contributed by atoms with E-state index in [1.165, 1.54) is 17.4 Å². The summed E-state index contributed by atoms with van der Waals surface area (Å²) < 4.78 is 5.72. The summed E-state index contributed by atoms with van der Waals surface area (Å²) >= 11 is 13.2. The Labute approximate surface area is 135 Å². The number of hydrogen-bond acceptors (Lipinski definition) is 4. The SMILES string of the molecule is C=CCNC(=O)COC(=O)c1sc2cc(Cl)ccc2c1Cl. The van der Waals surface area contributed by atoms with E-state index < -0.39 is 11.9 Å². The molecule has 4 nitrogen and oxygen atoms in total. The first-order valence-corrected chi connectivity index (χ1v) is 7.52. The van der Waals surface area contributed by atoms with E-state index >= 15 is 0 Å². The van der Waals surface area contributed by atoms with Crippen molar-refractivity contribution < 1.29 is 14.3 Å². The van der Waals surface area contributed by atoms with Gasteiger partial charge in [-0.15, -0.1) is 17.9 Å². The summed E-state index contributed by atoms with van der Waals surface area (Å²) in [7, 11) is 0. The highest BCUT2D eigenvalue weighted by molar-refractivity contribution is 7.21. The first kappa shape index (κ1) is 15.8. The highest BCUT2D eigenvalue weighted by atomic mass is 35.5. The van der Waals surface area contributed by atoms with Crippen LogP contribution in [0.15, 0.2) is 30.9 Å². The number of amides is 1. The topological polar surface area (TPSA) is 55.4 Å². The van der Waals surface area contributed by atoms with Gasteiger partial charge in [0.15, 0.2) is 6.61 Å². The fourth-order valence-electron chi connectivity index (χ4n) is 1.60. The molecule has 0 saturated heterocycles. The molecule has 2 rings (SSSR count). The molecule has 0 unspecified atom stereocenters. The molecule has 0 aliphatic rings. The van der Waals surface area contributed by atoms with Crippen LogP contribution in [0.2, 0.25) is 10.0 Å². The zero-order valence-corrected chi connectivity index (χ0v) is 13.1. The molecule has 0 radical (unpaired) electrons. The molecule has 110 valence electrons. The number of esters is 1. The van der Waals surface area contributed by atoms with Gasteiger partial charge >= 0.3 is 5.97 Å². The van der Waals surface area contributed by atoms with Gasteiger partial charge in [0.25, 0.3) is 5.91 Å². The molecular formula is C14H11Cl2NO3S. The van der Waals surface area contributed by atoms with Gasteiger partial charge in [-0.25, -0.2) is 4.79 Å². The quantitative estimate of drug-likeness (QED) is 0.665. The summed E-state index contributed by atoms with van der Waals surface area (Å²) in [4.78, 5) is 23.6. The first-order chi connectivity index (χ1) is 10.0. The van der Waals surface area contributed by atoms with Gasteiger partial charge in [-0.1, -0.05) is 35.3 Å². The average molecular weight is 344 g/mol. The summed E-state index contributed by atoms with van der Waals surface area (Å²) in [6, 6.07) is 5.16. The highest BCUT2D eigenvalue weighted by Crippen LogP contribution is 2.37. The lowest BCUT2D eigenvalue weighted by molar-refractivity contribution is -0.124. The second-order valence-electron chi connectivity index (χ2n) is 4.05. The largest absolute Gasteiger partial charge is 0.451 e. The van der Waals surface area contributed by atoms with Crippen molar-refractivity contribution in [1.82, 2.24) is 5.32 Å².